The molecule has 0 bridgehead atoms. The standard InChI is InChI=1S/C20H21FN4O/c1-2-10-25-18(23-17-7-4-9-22-19(17)25)15-8-11-24(13-15)20(26)14-5-3-6-16(21)12-14/h3-7,9,12,15H,2,8,10-11,13H2,1H3/t15-/m1/s1. The highest BCUT2D eigenvalue weighted by Gasteiger charge is 2.31. The summed E-state index contributed by atoms with van der Waals surface area (Å²) >= 11 is 0. The van der Waals surface area contributed by atoms with Crippen molar-refractivity contribution in [1.82, 2.24) is 19.4 Å². The Hall–Kier alpha value is -2.76. The summed E-state index contributed by atoms with van der Waals surface area (Å²) < 4.78 is 15.6. The highest BCUT2D eigenvalue weighted by molar-refractivity contribution is 5.94. The third kappa shape index (κ3) is 2.96. The molecule has 0 unspecified atom stereocenters. The van der Waals surface area contributed by atoms with Crippen LogP contribution in [0.25, 0.3) is 11.2 Å². The number of aryl methyl sites for hydroxylation is 1. The molecule has 2 aromatic heterocycles. The molecule has 3 heterocycles. The predicted molar refractivity (Wildman–Crippen MR) is 97.5 cm³/mol. The lowest BCUT2D eigenvalue weighted by molar-refractivity contribution is 0.0790. The molecular weight excluding hydrogens is 331 g/mol. The number of carbonyl (C=O) groups is 1. The van der Waals surface area contributed by atoms with Gasteiger partial charge in [0.1, 0.15) is 17.2 Å². The second-order valence-corrected chi connectivity index (χ2v) is 6.71. The fourth-order valence-electron chi connectivity index (χ4n) is 3.69. The zero-order chi connectivity index (χ0) is 18.1. The van der Waals surface area contributed by atoms with E-state index in [-0.39, 0.29) is 17.6 Å². The number of pyridine rings is 1. The highest BCUT2D eigenvalue weighted by atomic mass is 19.1. The van der Waals surface area contributed by atoms with Crippen LogP contribution in [0.4, 0.5) is 4.39 Å². The van der Waals surface area contributed by atoms with E-state index in [2.05, 4.69) is 16.5 Å². The molecule has 134 valence electrons. The molecule has 1 saturated heterocycles. The van der Waals surface area contributed by atoms with Crippen molar-refractivity contribution in [3.05, 3.63) is 59.8 Å². The average molecular weight is 352 g/mol. The molecular formula is C20H21FN4O. The van der Waals surface area contributed by atoms with Crippen molar-refractivity contribution < 1.29 is 9.18 Å². The molecule has 4 rings (SSSR count). The molecule has 0 N–H and O–H groups in total. The zero-order valence-corrected chi connectivity index (χ0v) is 14.7. The molecule has 26 heavy (non-hydrogen) atoms. The van der Waals surface area contributed by atoms with E-state index in [4.69, 9.17) is 4.98 Å². The quantitative estimate of drug-likeness (QED) is 0.721. The Kier molecular flexibility index (Phi) is 4.41. The normalized spacial score (nSPS) is 17.2. The number of imidazole rings is 1. The molecule has 5 nitrogen and oxygen atoms in total. The van der Waals surface area contributed by atoms with Gasteiger partial charge in [0.2, 0.25) is 0 Å². The number of amides is 1. The van der Waals surface area contributed by atoms with Crippen LogP contribution in [0.3, 0.4) is 0 Å². The number of likely N-dealkylation sites (tertiary alicyclic amines) is 1. The number of halogens is 1. The summed E-state index contributed by atoms with van der Waals surface area (Å²) in [5, 5.41) is 0. The largest absolute Gasteiger partial charge is 0.338 e. The van der Waals surface area contributed by atoms with E-state index < -0.39 is 0 Å². The molecule has 1 atom stereocenters. The van der Waals surface area contributed by atoms with Crippen LogP contribution in [-0.2, 0) is 6.54 Å². The van der Waals surface area contributed by atoms with Crippen molar-refractivity contribution in [2.45, 2.75) is 32.2 Å². The second-order valence-electron chi connectivity index (χ2n) is 6.71. The van der Waals surface area contributed by atoms with Crippen molar-refractivity contribution in [2.75, 3.05) is 13.1 Å². The molecule has 3 aromatic rings. The van der Waals surface area contributed by atoms with E-state index >= 15 is 0 Å². The summed E-state index contributed by atoms with van der Waals surface area (Å²) in [6, 6.07) is 9.75. The molecule has 0 saturated carbocycles. The monoisotopic (exact) mass is 352 g/mol. The van der Waals surface area contributed by atoms with Crippen LogP contribution in [0.1, 0.15) is 41.9 Å². The van der Waals surface area contributed by atoms with Crippen LogP contribution in [0.2, 0.25) is 0 Å². The Morgan fingerprint density at radius 2 is 2.19 bits per heavy atom. The van der Waals surface area contributed by atoms with E-state index in [1.54, 1.807) is 23.2 Å². The zero-order valence-electron chi connectivity index (χ0n) is 14.7. The summed E-state index contributed by atoms with van der Waals surface area (Å²) in [6.07, 6.45) is 3.64. The maximum Gasteiger partial charge on any atom is 0.253 e. The number of benzene rings is 1. The van der Waals surface area contributed by atoms with Crippen molar-refractivity contribution in [3.8, 4) is 0 Å². The van der Waals surface area contributed by atoms with Crippen molar-refractivity contribution in [1.29, 1.82) is 0 Å². The minimum atomic E-state index is -0.387. The number of fused-ring (bicyclic) bond motifs is 1. The number of carbonyl (C=O) groups excluding carboxylic acids is 1. The molecule has 0 radical (unpaired) electrons. The summed E-state index contributed by atoms with van der Waals surface area (Å²) in [6.45, 7) is 4.25. The van der Waals surface area contributed by atoms with Crippen LogP contribution in [-0.4, -0.2) is 38.4 Å². The van der Waals surface area contributed by atoms with E-state index in [1.807, 2.05) is 12.1 Å². The Balaban J connectivity index is 1.60. The number of aromatic nitrogens is 3. The first-order valence-corrected chi connectivity index (χ1v) is 9.03. The van der Waals surface area contributed by atoms with Crippen LogP contribution >= 0.6 is 0 Å². The van der Waals surface area contributed by atoms with Gasteiger partial charge < -0.3 is 9.47 Å². The van der Waals surface area contributed by atoms with E-state index in [9.17, 15) is 9.18 Å². The van der Waals surface area contributed by atoms with Gasteiger partial charge in [0.25, 0.3) is 5.91 Å². The number of nitrogens with zero attached hydrogens (tertiary/aromatic N) is 4. The fourth-order valence-corrected chi connectivity index (χ4v) is 3.69. The average Bonchev–Trinajstić information content (AvgIpc) is 3.27. The highest BCUT2D eigenvalue weighted by Crippen LogP contribution is 2.30. The molecule has 0 spiro atoms. The van der Waals surface area contributed by atoms with Crippen molar-refractivity contribution >= 4 is 17.1 Å². The molecule has 1 aliphatic rings. The Morgan fingerprint density at radius 3 is 3.00 bits per heavy atom. The minimum Gasteiger partial charge on any atom is -0.338 e. The summed E-state index contributed by atoms with van der Waals surface area (Å²) in [5.74, 6) is 0.661. The van der Waals surface area contributed by atoms with Gasteiger partial charge in [-0.3, -0.25) is 4.79 Å². The van der Waals surface area contributed by atoms with E-state index in [0.717, 1.165) is 36.4 Å². The third-order valence-electron chi connectivity index (χ3n) is 4.89. The topological polar surface area (TPSA) is 51.0 Å². The van der Waals surface area contributed by atoms with E-state index in [0.29, 0.717) is 18.7 Å². The maximum absolute atomic E-state index is 13.4. The van der Waals surface area contributed by atoms with Gasteiger partial charge in [0.15, 0.2) is 5.65 Å². The van der Waals surface area contributed by atoms with Gasteiger partial charge in [0, 0.05) is 37.3 Å². The van der Waals surface area contributed by atoms with Crippen molar-refractivity contribution in [3.63, 3.8) is 0 Å². The van der Waals surface area contributed by atoms with Crippen molar-refractivity contribution in [2.24, 2.45) is 0 Å². The number of hydrogen-bond donors (Lipinski definition) is 0. The predicted octanol–water partition coefficient (Wildman–Crippen LogP) is 3.61. The van der Waals surface area contributed by atoms with Gasteiger partial charge in [-0.15, -0.1) is 0 Å². The molecule has 0 aliphatic carbocycles. The summed E-state index contributed by atoms with van der Waals surface area (Å²) in [7, 11) is 0. The number of hydrogen-bond acceptors (Lipinski definition) is 3. The first kappa shape index (κ1) is 16.7. The molecule has 1 fully saturated rings. The first-order chi connectivity index (χ1) is 12.7. The molecule has 1 aromatic carbocycles. The Labute approximate surface area is 151 Å². The van der Waals surface area contributed by atoms with Gasteiger partial charge in [-0.25, -0.2) is 14.4 Å². The lowest BCUT2D eigenvalue weighted by Gasteiger charge is -2.17. The summed E-state index contributed by atoms with van der Waals surface area (Å²) in [4.78, 5) is 23.8. The summed E-state index contributed by atoms with van der Waals surface area (Å²) in [5.41, 5.74) is 2.19. The van der Waals surface area contributed by atoms with Gasteiger partial charge in [-0.05, 0) is 43.2 Å². The smallest absolute Gasteiger partial charge is 0.253 e. The van der Waals surface area contributed by atoms with Gasteiger partial charge in [-0.2, -0.15) is 0 Å². The SMILES string of the molecule is CCCn1c([C@@H]2CCN(C(=O)c3cccc(F)c3)C2)nc2cccnc21. The van der Waals surface area contributed by atoms with Gasteiger partial charge in [-0.1, -0.05) is 13.0 Å². The van der Waals surface area contributed by atoms with Crippen LogP contribution in [0.5, 0.6) is 0 Å². The van der Waals surface area contributed by atoms with Gasteiger partial charge in [0.05, 0.1) is 0 Å². The molecule has 1 aliphatic heterocycles. The molecule has 1 amide bonds. The lowest BCUT2D eigenvalue weighted by Crippen LogP contribution is -2.28. The maximum atomic E-state index is 13.4. The fraction of sp³-hybridized carbons (Fsp3) is 0.350. The van der Waals surface area contributed by atoms with Crippen LogP contribution in [0.15, 0.2) is 42.6 Å². The first-order valence-electron chi connectivity index (χ1n) is 9.03. The number of rotatable bonds is 4. The van der Waals surface area contributed by atoms with Gasteiger partial charge >= 0.3 is 0 Å². The third-order valence-corrected chi connectivity index (χ3v) is 4.89. The Morgan fingerprint density at radius 1 is 1.31 bits per heavy atom. The lowest BCUT2D eigenvalue weighted by atomic mass is 10.1. The van der Waals surface area contributed by atoms with Crippen LogP contribution in [0, 0.1) is 5.82 Å². The minimum absolute atomic E-state index is 0.122. The Bertz CT molecular complexity index is 952. The van der Waals surface area contributed by atoms with Crippen LogP contribution < -0.4 is 0 Å². The molecule has 6 heteroatoms. The second kappa shape index (κ2) is 6.86. The van der Waals surface area contributed by atoms with E-state index in [1.165, 1.54) is 12.1 Å².